The summed E-state index contributed by atoms with van der Waals surface area (Å²) < 4.78 is 13.3. The van der Waals surface area contributed by atoms with E-state index >= 15 is 0 Å². The zero-order chi connectivity index (χ0) is 12.1. The molecule has 15 heavy (non-hydrogen) atoms. The Labute approximate surface area is 93.3 Å². The van der Waals surface area contributed by atoms with Crippen molar-refractivity contribution < 1.29 is 14.4 Å². The zero-order valence-corrected chi connectivity index (χ0v) is 10.2. The molecule has 0 bridgehead atoms. The van der Waals surface area contributed by atoms with Crippen molar-refractivity contribution in [2.75, 3.05) is 19.1 Å². The molecular formula is C9H17FN2O2S. The number of nitrogens with zero attached hydrogens (tertiary/aromatic N) is 1. The Morgan fingerprint density at radius 3 is 2.53 bits per heavy atom. The Balaban J connectivity index is 5.01. The maximum Gasteiger partial charge on any atom is 0.239 e. The first-order chi connectivity index (χ1) is 6.90. The van der Waals surface area contributed by atoms with Crippen LogP contribution in [0.1, 0.15) is 13.8 Å². The lowest BCUT2D eigenvalue weighted by Crippen LogP contribution is -2.42. The van der Waals surface area contributed by atoms with Crippen molar-refractivity contribution in [1.29, 1.82) is 0 Å². The number of amides is 1. The van der Waals surface area contributed by atoms with Crippen molar-refractivity contribution in [2.45, 2.75) is 13.8 Å². The Bertz CT molecular complexity index is 256. The number of hydrogen-bond acceptors (Lipinski definition) is 4. The number of carbonyl (C=O) groups is 1. The molecule has 0 fully saturated rings. The molecule has 0 aliphatic rings. The second kappa shape index (κ2) is 5.95. The van der Waals surface area contributed by atoms with Crippen molar-refractivity contribution in [1.82, 2.24) is 5.32 Å². The third kappa shape index (κ3) is 3.70. The highest BCUT2D eigenvalue weighted by molar-refractivity contribution is 7.98. The number of hydrogen-bond donors (Lipinski definition) is 2. The fourth-order valence-electron chi connectivity index (χ4n) is 1.44. The van der Waals surface area contributed by atoms with Crippen LogP contribution in [0.5, 0.6) is 0 Å². The van der Waals surface area contributed by atoms with Crippen LogP contribution >= 0.6 is 11.8 Å². The van der Waals surface area contributed by atoms with E-state index in [4.69, 9.17) is 5.21 Å². The monoisotopic (exact) mass is 236 g/mol. The minimum Gasteiger partial charge on any atom is -0.409 e. The molecule has 1 unspecified atom stereocenters. The number of carbonyl (C=O) groups excluding carboxylic acids is 1. The summed E-state index contributed by atoms with van der Waals surface area (Å²) in [6, 6.07) is 0. The smallest absolute Gasteiger partial charge is 0.239 e. The lowest BCUT2D eigenvalue weighted by Gasteiger charge is -2.30. The molecule has 1 amide bonds. The van der Waals surface area contributed by atoms with E-state index in [1.54, 1.807) is 13.8 Å². The summed E-state index contributed by atoms with van der Waals surface area (Å²) in [4.78, 5) is 11.5. The van der Waals surface area contributed by atoms with Gasteiger partial charge in [-0.1, -0.05) is 19.0 Å². The third-order valence-electron chi connectivity index (χ3n) is 2.14. The van der Waals surface area contributed by atoms with Gasteiger partial charge in [-0.05, 0) is 17.4 Å². The molecule has 4 nitrogen and oxygen atoms in total. The van der Waals surface area contributed by atoms with Gasteiger partial charge in [0.15, 0.2) is 0 Å². The third-order valence-corrected chi connectivity index (χ3v) is 3.17. The van der Waals surface area contributed by atoms with Gasteiger partial charge in [0.05, 0.1) is 0 Å². The van der Waals surface area contributed by atoms with E-state index in [9.17, 15) is 9.18 Å². The van der Waals surface area contributed by atoms with Gasteiger partial charge in [0.1, 0.15) is 5.92 Å². The van der Waals surface area contributed by atoms with Gasteiger partial charge in [0.2, 0.25) is 11.9 Å². The summed E-state index contributed by atoms with van der Waals surface area (Å²) in [7, 11) is 1.43. The van der Waals surface area contributed by atoms with Gasteiger partial charge in [0, 0.05) is 7.05 Å². The largest absolute Gasteiger partial charge is 0.409 e. The van der Waals surface area contributed by atoms with E-state index in [2.05, 4.69) is 10.5 Å². The molecular weight excluding hydrogens is 219 g/mol. The van der Waals surface area contributed by atoms with Crippen molar-refractivity contribution in [2.24, 2.45) is 16.5 Å². The van der Waals surface area contributed by atoms with E-state index in [1.807, 2.05) is 6.26 Å². The van der Waals surface area contributed by atoms with Gasteiger partial charge in [0.25, 0.3) is 0 Å². The van der Waals surface area contributed by atoms with Gasteiger partial charge >= 0.3 is 0 Å². The highest BCUT2D eigenvalue weighted by atomic mass is 32.2. The van der Waals surface area contributed by atoms with E-state index < -0.39 is 23.2 Å². The Kier molecular flexibility index (Phi) is 5.64. The average Bonchev–Trinajstić information content (AvgIpc) is 2.16. The van der Waals surface area contributed by atoms with Crippen molar-refractivity contribution in [3.8, 4) is 0 Å². The molecule has 0 saturated heterocycles. The quantitative estimate of drug-likeness (QED) is 0.432. The molecule has 2 N–H and O–H groups in total. The van der Waals surface area contributed by atoms with E-state index in [0.29, 0.717) is 5.75 Å². The Morgan fingerprint density at radius 1 is 1.67 bits per heavy atom. The summed E-state index contributed by atoms with van der Waals surface area (Å²) >= 11 is 1.51. The number of halogens is 1. The Morgan fingerprint density at radius 2 is 2.20 bits per heavy atom. The molecule has 0 aromatic rings. The first-order valence-electron chi connectivity index (χ1n) is 4.48. The second-order valence-electron chi connectivity index (χ2n) is 3.89. The molecule has 6 heteroatoms. The summed E-state index contributed by atoms with van der Waals surface area (Å²) in [5.74, 6) is -1.99. The predicted octanol–water partition coefficient (Wildman–Crippen LogP) is 1.49. The van der Waals surface area contributed by atoms with Crippen LogP contribution in [0.2, 0.25) is 0 Å². The van der Waals surface area contributed by atoms with Gasteiger partial charge < -0.3 is 10.5 Å². The lowest BCUT2D eigenvalue weighted by atomic mass is 9.80. The van der Waals surface area contributed by atoms with Crippen LogP contribution in [-0.4, -0.2) is 36.1 Å². The van der Waals surface area contributed by atoms with Gasteiger partial charge in [-0.3, -0.25) is 4.79 Å². The van der Waals surface area contributed by atoms with Crippen LogP contribution in [-0.2, 0) is 4.79 Å². The normalized spacial score (nSPS) is 14.9. The molecule has 0 rings (SSSR count). The number of thioether (sulfide) groups is 1. The zero-order valence-electron chi connectivity index (χ0n) is 9.37. The first-order valence-corrected chi connectivity index (χ1v) is 5.88. The van der Waals surface area contributed by atoms with Gasteiger partial charge in [-0.15, -0.1) is 0 Å². The summed E-state index contributed by atoms with van der Waals surface area (Å²) in [5, 5.41) is 13.3. The molecule has 88 valence electrons. The predicted molar refractivity (Wildman–Crippen MR) is 60.0 cm³/mol. The SMILES string of the molecule is CNC(=O)C(C(F)=NO)C(C)(C)CSC. The standard InChI is InChI=1S/C9H17FN2O2S/c1-9(2,5-15-4)6(7(10)12-14)8(13)11-3/h6,14H,5H2,1-4H3,(H,11,13). The van der Waals surface area contributed by atoms with Crippen LogP contribution in [0.4, 0.5) is 4.39 Å². The molecule has 0 heterocycles. The fourth-order valence-corrected chi connectivity index (χ4v) is 2.35. The van der Waals surface area contributed by atoms with E-state index in [-0.39, 0.29) is 0 Å². The second-order valence-corrected chi connectivity index (χ2v) is 4.76. The molecule has 1 atom stereocenters. The highest BCUT2D eigenvalue weighted by Gasteiger charge is 2.39. The molecule has 0 saturated carbocycles. The molecule has 0 aromatic heterocycles. The van der Waals surface area contributed by atoms with Crippen molar-refractivity contribution in [3.05, 3.63) is 0 Å². The maximum absolute atomic E-state index is 13.3. The summed E-state index contributed by atoms with van der Waals surface area (Å²) in [6.45, 7) is 3.52. The molecule has 0 aliphatic carbocycles. The first kappa shape index (κ1) is 14.2. The minimum absolute atomic E-state index is 0.482. The van der Waals surface area contributed by atoms with E-state index in [0.717, 1.165) is 0 Å². The van der Waals surface area contributed by atoms with Crippen LogP contribution in [0, 0.1) is 11.3 Å². The van der Waals surface area contributed by atoms with Crippen molar-refractivity contribution in [3.63, 3.8) is 0 Å². The fraction of sp³-hybridized carbons (Fsp3) is 0.778. The number of oxime groups is 1. The van der Waals surface area contributed by atoms with Gasteiger partial charge in [-0.25, -0.2) is 0 Å². The maximum atomic E-state index is 13.3. The average molecular weight is 236 g/mol. The summed E-state index contributed by atoms with van der Waals surface area (Å²) in [5.41, 5.74) is -0.601. The number of nitrogens with one attached hydrogen (secondary N) is 1. The van der Waals surface area contributed by atoms with Crippen LogP contribution in [0.3, 0.4) is 0 Å². The lowest BCUT2D eigenvalue weighted by molar-refractivity contribution is -0.125. The molecule has 0 spiro atoms. The molecule has 0 aliphatic heterocycles. The Hall–Kier alpha value is -0.780. The number of rotatable bonds is 5. The summed E-state index contributed by atoms with van der Waals surface area (Å²) in [6.07, 6.45) is 1.87. The minimum atomic E-state index is -1.06. The molecule has 0 aromatic carbocycles. The van der Waals surface area contributed by atoms with Crippen LogP contribution in [0.25, 0.3) is 0 Å². The topological polar surface area (TPSA) is 61.7 Å². The van der Waals surface area contributed by atoms with Crippen LogP contribution < -0.4 is 5.32 Å². The van der Waals surface area contributed by atoms with Crippen LogP contribution in [0.15, 0.2) is 5.16 Å². The highest BCUT2D eigenvalue weighted by Crippen LogP contribution is 2.32. The van der Waals surface area contributed by atoms with Gasteiger partial charge in [-0.2, -0.15) is 16.2 Å². The molecule has 0 radical (unpaired) electrons. The van der Waals surface area contributed by atoms with Crippen molar-refractivity contribution >= 4 is 23.6 Å². The van der Waals surface area contributed by atoms with E-state index in [1.165, 1.54) is 18.8 Å².